The van der Waals surface area contributed by atoms with Crippen molar-refractivity contribution in [1.29, 1.82) is 0 Å². The summed E-state index contributed by atoms with van der Waals surface area (Å²) in [6.45, 7) is 7.98. The minimum atomic E-state index is 0.284. The van der Waals surface area contributed by atoms with Crippen LogP contribution >= 0.6 is 0 Å². The van der Waals surface area contributed by atoms with Gasteiger partial charge >= 0.3 is 0 Å². The zero-order valence-electron chi connectivity index (χ0n) is 15.9. The molecular formula is C21H25N5O. The summed E-state index contributed by atoms with van der Waals surface area (Å²) in [5.74, 6) is 4.22. The lowest BCUT2D eigenvalue weighted by atomic mass is 10.2. The monoisotopic (exact) mass is 363 g/mol. The second-order valence-corrected chi connectivity index (χ2v) is 8.86. The van der Waals surface area contributed by atoms with Crippen molar-refractivity contribution in [1.82, 2.24) is 24.9 Å². The van der Waals surface area contributed by atoms with Gasteiger partial charge in [0, 0.05) is 37.0 Å². The molecule has 0 bridgehead atoms. The number of hydrogen-bond acceptors (Lipinski definition) is 5. The summed E-state index contributed by atoms with van der Waals surface area (Å²) in [6, 6.07) is 8.55. The van der Waals surface area contributed by atoms with Gasteiger partial charge in [-0.05, 0) is 50.5 Å². The average molecular weight is 363 g/mol. The number of nitrogens with zero attached hydrogens (tertiary/aromatic N) is 5. The number of piperidine rings is 1. The van der Waals surface area contributed by atoms with Gasteiger partial charge in [-0.2, -0.15) is 5.10 Å². The third-order valence-electron chi connectivity index (χ3n) is 6.51. The Morgan fingerprint density at radius 1 is 1.11 bits per heavy atom. The van der Waals surface area contributed by atoms with E-state index in [0.717, 1.165) is 28.4 Å². The van der Waals surface area contributed by atoms with Crippen LogP contribution in [0, 0.1) is 17.8 Å². The summed E-state index contributed by atoms with van der Waals surface area (Å²) < 4.78 is 8.18. The highest BCUT2D eigenvalue weighted by Crippen LogP contribution is 2.58. The van der Waals surface area contributed by atoms with Gasteiger partial charge in [0.2, 0.25) is 5.89 Å². The molecule has 2 saturated carbocycles. The van der Waals surface area contributed by atoms with E-state index in [4.69, 9.17) is 9.52 Å². The summed E-state index contributed by atoms with van der Waals surface area (Å²) in [5.41, 5.74) is 1.92. The molecule has 1 aromatic carbocycles. The maximum atomic E-state index is 6.14. The first-order chi connectivity index (χ1) is 13.2. The smallest absolute Gasteiger partial charge is 0.268 e. The van der Waals surface area contributed by atoms with Gasteiger partial charge in [-0.15, -0.1) is 10.2 Å². The van der Waals surface area contributed by atoms with Gasteiger partial charge in [-0.25, -0.2) is 0 Å². The van der Waals surface area contributed by atoms with Crippen molar-refractivity contribution in [3.63, 3.8) is 0 Å². The third-order valence-corrected chi connectivity index (χ3v) is 6.51. The Morgan fingerprint density at radius 2 is 1.89 bits per heavy atom. The summed E-state index contributed by atoms with van der Waals surface area (Å²) >= 11 is 0. The van der Waals surface area contributed by atoms with Crippen molar-refractivity contribution in [2.75, 3.05) is 19.6 Å². The van der Waals surface area contributed by atoms with Crippen molar-refractivity contribution in [3.8, 4) is 11.6 Å². The number of benzene rings is 1. The predicted octanol–water partition coefficient (Wildman–Crippen LogP) is 3.72. The molecular weight excluding hydrogens is 338 g/mol. The maximum absolute atomic E-state index is 6.14. The SMILES string of the molecule is CC(C)n1nc(-c2nnc(C3C4CN(CC5CC5)CC43)o2)c2ccccc21. The number of hydrogen-bond donors (Lipinski definition) is 0. The zero-order chi connectivity index (χ0) is 18.1. The summed E-state index contributed by atoms with van der Waals surface area (Å²) in [7, 11) is 0. The lowest BCUT2D eigenvalue weighted by molar-refractivity contribution is 0.279. The molecule has 6 nitrogen and oxygen atoms in total. The van der Waals surface area contributed by atoms with Crippen molar-refractivity contribution in [3.05, 3.63) is 30.2 Å². The minimum absolute atomic E-state index is 0.284. The molecule has 27 heavy (non-hydrogen) atoms. The fourth-order valence-electron chi connectivity index (χ4n) is 4.90. The van der Waals surface area contributed by atoms with E-state index in [2.05, 4.69) is 41.1 Å². The predicted molar refractivity (Wildman–Crippen MR) is 102 cm³/mol. The molecule has 0 radical (unpaired) electrons. The molecule has 2 atom stereocenters. The Kier molecular flexibility index (Phi) is 3.30. The van der Waals surface area contributed by atoms with E-state index >= 15 is 0 Å². The van der Waals surface area contributed by atoms with Crippen LogP contribution in [0.2, 0.25) is 0 Å². The lowest BCUT2D eigenvalue weighted by Crippen LogP contribution is -2.26. The number of likely N-dealkylation sites (tertiary alicyclic amines) is 1. The van der Waals surface area contributed by atoms with Crippen molar-refractivity contribution >= 4 is 10.9 Å². The van der Waals surface area contributed by atoms with E-state index < -0.39 is 0 Å². The molecule has 3 aliphatic rings. The van der Waals surface area contributed by atoms with Crippen molar-refractivity contribution in [2.45, 2.75) is 38.6 Å². The third kappa shape index (κ3) is 2.53. The van der Waals surface area contributed by atoms with E-state index in [1.54, 1.807) is 0 Å². The molecule has 140 valence electrons. The van der Waals surface area contributed by atoms with E-state index in [9.17, 15) is 0 Å². The van der Waals surface area contributed by atoms with Crippen LogP contribution in [-0.2, 0) is 0 Å². The van der Waals surface area contributed by atoms with Crippen LogP contribution in [0.3, 0.4) is 0 Å². The molecule has 0 spiro atoms. The van der Waals surface area contributed by atoms with Crippen molar-refractivity contribution < 1.29 is 4.42 Å². The van der Waals surface area contributed by atoms with Crippen LogP contribution in [0.15, 0.2) is 28.7 Å². The molecule has 2 aromatic heterocycles. The van der Waals surface area contributed by atoms with Crippen molar-refractivity contribution in [2.24, 2.45) is 17.8 Å². The highest BCUT2D eigenvalue weighted by atomic mass is 16.4. The molecule has 0 N–H and O–H groups in total. The summed E-state index contributed by atoms with van der Waals surface area (Å²) in [6.07, 6.45) is 2.86. The van der Waals surface area contributed by atoms with E-state index in [0.29, 0.717) is 23.6 Å². The molecule has 2 aliphatic carbocycles. The van der Waals surface area contributed by atoms with Gasteiger partial charge in [0.25, 0.3) is 5.89 Å². The molecule has 3 heterocycles. The Balaban J connectivity index is 1.26. The van der Waals surface area contributed by atoms with Crippen LogP contribution in [-0.4, -0.2) is 44.5 Å². The highest BCUT2D eigenvalue weighted by Gasteiger charge is 2.59. The molecule has 2 unspecified atom stereocenters. The molecule has 6 heteroatoms. The van der Waals surface area contributed by atoms with Crippen LogP contribution in [0.25, 0.3) is 22.5 Å². The van der Waals surface area contributed by atoms with E-state index in [-0.39, 0.29) is 6.04 Å². The Morgan fingerprint density at radius 3 is 2.63 bits per heavy atom. The molecule has 3 aromatic rings. The lowest BCUT2D eigenvalue weighted by Gasteiger charge is -2.17. The number of aromatic nitrogens is 4. The largest absolute Gasteiger partial charge is 0.419 e. The topological polar surface area (TPSA) is 60.0 Å². The Bertz CT molecular complexity index is 989. The highest BCUT2D eigenvalue weighted by molar-refractivity contribution is 5.91. The Labute approximate surface area is 158 Å². The van der Waals surface area contributed by atoms with Crippen LogP contribution < -0.4 is 0 Å². The number of rotatable bonds is 5. The van der Waals surface area contributed by atoms with E-state index in [1.165, 1.54) is 32.5 Å². The average Bonchev–Trinajstić information content (AvgIpc) is 3.40. The second-order valence-electron chi connectivity index (χ2n) is 8.86. The van der Waals surface area contributed by atoms with Crippen LogP contribution in [0.4, 0.5) is 0 Å². The molecule has 0 amide bonds. The molecule has 6 rings (SSSR count). The van der Waals surface area contributed by atoms with Gasteiger partial charge in [0.1, 0.15) is 0 Å². The van der Waals surface area contributed by atoms with E-state index in [1.807, 2.05) is 16.8 Å². The Hall–Kier alpha value is -2.21. The van der Waals surface area contributed by atoms with Crippen LogP contribution in [0.1, 0.15) is 44.5 Å². The van der Waals surface area contributed by atoms with Gasteiger partial charge in [0.15, 0.2) is 5.69 Å². The number of para-hydroxylation sites is 1. The molecule has 1 aliphatic heterocycles. The van der Waals surface area contributed by atoms with Gasteiger partial charge < -0.3 is 9.32 Å². The first-order valence-corrected chi connectivity index (χ1v) is 10.2. The minimum Gasteiger partial charge on any atom is -0.419 e. The number of fused-ring (bicyclic) bond motifs is 2. The molecule has 1 saturated heterocycles. The quantitative estimate of drug-likeness (QED) is 0.691. The maximum Gasteiger partial charge on any atom is 0.268 e. The van der Waals surface area contributed by atoms with Crippen LogP contribution in [0.5, 0.6) is 0 Å². The van der Waals surface area contributed by atoms with Gasteiger partial charge in [-0.3, -0.25) is 4.68 Å². The normalized spacial score (nSPS) is 27.6. The fourth-order valence-corrected chi connectivity index (χ4v) is 4.90. The fraction of sp³-hybridized carbons (Fsp3) is 0.571. The second kappa shape index (κ2) is 5.64. The summed E-state index contributed by atoms with van der Waals surface area (Å²) in [5, 5.41) is 14.6. The van der Waals surface area contributed by atoms with Gasteiger partial charge in [-0.1, -0.05) is 18.2 Å². The first-order valence-electron chi connectivity index (χ1n) is 10.2. The van der Waals surface area contributed by atoms with Gasteiger partial charge in [0.05, 0.1) is 5.52 Å². The summed E-state index contributed by atoms with van der Waals surface area (Å²) in [4.78, 5) is 2.64. The first kappa shape index (κ1) is 15.8. The zero-order valence-corrected chi connectivity index (χ0v) is 15.9. The standard InChI is InChI=1S/C21H25N5O/c1-12(2)26-17-6-4-3-5-14(17)19(24-26)21-23-22-20(27-21)18-15-10-25(11-16(15)18)9-13-7-8-13/h3-6,12-13,15-16,18H,7-11H2,1-2H3. The molecule has 3 fully saturated rings.